The van der Waals surface area contributed by atoms with Crippen molar-refractivity contribution in [2.45, 2.75) is 45.8 Å². The van der Waals surface area contributed by atoms with Crippen LogP contribution in [0.2, 0.25) is 0 Å². The van der Waals surface area contributed by atoms with Crippen molar-refractivity contribution in [2.75, 3.05) is 39.6 Å². The number of rotatable bonds is 11. The van der Waals surface area contributed by atoms with E-state index in [1.165, 1.54) is 13.8 Å². The quantitative estimate of drug-likeness (QED) is 0.111. The summed E-state index contributed by atoms with van der Waals surface area (Å²) in [5.74, 6) is -2.30. The smallest absolute Gasteiger partial charge is 0.368 e. The van der Waals surface area contributed by atoms with Crippen molar-refractivity contribution in [1.29, 1.82) is 0 Å². The number of benzene rings is 1. The summed E-state index contributed by atoms with van der Waals surface area (Å²) < 4.78 is 11.2. The molecule has 10 radical (unpaired) electrons. The zero-order valence-corrected chi connectivity index (χ0v) is 24.7. The van der Waals surface area contributed by atoms with E-state index in [0.29, 0.717) is 18.6 Å². The summed E-state index contributed by atoms with van der Waals surface area (Å²) in [4.78, 5) is 33.7. The highest BCUT2D eigenvalue weighted by Crippen LogP contribution is 2.26. The number of hydrogen-bond acceptors (Lipinski definition) is 6. The third kappa shape index (κ3) is 37.2. The van der Waals surface area contributed by atoms with Crippen LogP contribution in [0, 0.1) is 34.6 Å². The fourth-order valence-corrected chi connectivity index (χ4v) is 1.87. The van der Waals surface area contributed by atoms with Crippen LogP contribution in [0.1, 0.15) is 40.0 Å². The molecule has 0 spiro atoms. The number of carbonyl (C=O) groups is 2. The van der Waals surface area contributed by atoms with Crippen LogP contribution in [-0.2, 0) is 49.6 Å². The highest BCUT2D eigenvalue weighted by molar-refractivity contribution is 5.87. The lowest BCUT2D eigenvalue weighted by atomic mass is 10.1. The van der Waals surface area contributed by atoms with Crippen molar-refractivity contribution in [3.8, 4) is 5.75 Å². The van der Waals surface area contributed by atoms with Gasteiger partial charge in [-0.15, -0.1) is 4.89 Å². The number of para-hydroxylation sites is 1. The summed E-state index contributed by atoms with van der Waals surface area (Å²) in [5, 5.41) is 44.1. The van der Waals surface area contributed by atoms with E-state index in [1.807, 2.05) is 13.0 Å². The summed E-state index contributed by atoms with van der Waals surface area (Å²) in [7, 11) is 0. The molecule has 0 amide bonds. The molecular formula is C30H46O11. The fraction of sp³-hybridized carbons (Fsp3) is 0.433. The number of carbonyl (C=O) groups excluding carboxylic acids is 2. The Morgan fingerprint density at radius 3 is 1.46 bits per heavy atom. The van der Waals surface area contributed by atoms with Gasteiger partial charge in [-0.1, -0.05) is 44.7 Å². The molecule has 1 unspecified atom stereocenters. The van der Waals surface area contributed by atoms with Gasteiger partial charge in [0, 0.05) is 17.6 Å². The summed E-state index contributed by atoms with van der Waals surface area (Å²) >= 11 is 0. The normalized spacial score (nSPS) is 10.2. The third-order valence-corrected chi connectivity index (χ3v) is 3.35. The molecule has 0 bridgehead atoms. The van der Waals surface area contributed by atoms with Gasteiger partial charge in [0.15, 0.2) is 6.61 Å². The topological polar surface area (TPSA) is 171 Å². The van der Waals surface area contributed by atoms with Gasteiger partial charge in [-0.3, -0.25) is 4.89 Å². The van der Waals surface area contributed by atoms with Crippen molar-refractivity contribution in [2.24, 2.45) is 0 Å². The number of esters is 1. The molecule has 232 valence electrons. The molecule has 0 heterocycles. The van der Waals surface area contributed by atoms with Gasteiger partial charge in [-0.05, 0) is 67.0 Å². The lowest BCUT2D eigenvalue weighted by Crippen LogP contribution is -2.45. The Morgan fingerprint density at radius 1 is 0.732 bits per heavy atom. The van der Waals surface area contributed by atoms with E-state index in [1.54, 1.807) is 24.3 Å². The second-order valence-electron chi connectivity index (χ2n) is 7.04. The lowest BCUT2D eigenvalue weighted by molar-refractivity contribution is -0.391. The van der Waals surface area contributed by atoms with Crippen LogP contribution in [0.15, 0.2) is 54.6 Å². The molecule has 1 atom stereocenters. The van der Waals surface area contributed by atoms with E-state index in [9.17, 15) is 9.59 Å². The molecule has 41 heavy (non-hydrogen) atoms. The molecule has 0 aliphatic rings. The molecule has 0 saturated heterocycles. The Bertz CT molecular complexity index is 681. The SMILES string of the molecule is C=C(C)C(=O)OCC(CCCC)(OOC(=O)C(=C)C)Oc1ccccc1.[CH2]C[O].[CH2]C[O].[CH2]C[O].[CH2]C[O].[CH2]C[O]. The number of unbranched alkanes of at least 4 members (excludes halogenated alkanes) is 1. The minimum absolute atomic E-state index is 0.174. The first-order valence-electron chi connectivity index (χ1n) is 12.4. The van der Waals surface area contributed by atoms with Crippen molar-refractivity contribution in [1.82, 2.24) is 0 Å². The van der Waals surface area contributed by atoms with Crippen LogP contribution < -0.4 is 4.74 Å². The summed E-state index contributed by atoms with van der Waals surface area (Å²) in [5.41, 5.74) is 0.418. The van der Waals surface area contributed by atoms with Gasteiger partial charge in [-0.2, -0.15) is 0 Å². The molecular weight excluding hydrogens is 536 g/mol. The summed E-state index contributed by atoms with van der Waals surface area (Å²) in [6.07, 6.45) is 1.87. The Balaban J connectivity index is -0.000000240. The maximum absolute atomic E-state index is 11.8. The van der Waals surface area contributed by atoms with Crippen molar-refractivity contribution in [3.05, 3.63) is 89.3 Å². The van der Waals surface area contributed by atoms with Crippen LogP contribution in [0.4, 0.5) is 0 Å². The molecule has 0 aliphatic carbocycles. The van der Waals surface area contributed by atoms with Crippen molar-refractivity contribution >= 4 is 11.9 Å². The van der Waals surface area contributed by atoms with Gasteiger partial charge >= 0.3 is 11.9 Å². The summed E-state index contributed by atoms with van der Waals surface area (Å²) in [6.45, 7) is 25.2. The van der Waals surface area contributed by atoms with E-state index in [4.69, 9.17) is 44.8 Å². The summed E-state index contributed by atoms with van der Waals surface area (Å²) in [6, 6.07) is 8.87. The Morgan fingerprint density at radius 2 is 1.12 bits per heavy atom. The molecule has 1 aromatic rings. The molecule has 0 fully saturated rings. The number of hydrogen-bond donors (Lipinski definition) is 0. The first-order chi connectivity index (χ1) is 19.4. The third-order valence-electron chi connectivity index (χ3n) is 3.35. The van der Waals surface area contributed by atoms with Gasteiger partial charge in [-0.25, -0.2) is 35.1 Å². The molecule has 0 saturated carbocycles. The highest BCUT2D eigenvalue weighted by atomic mass is 17.2. The van der Waals surface area contributed by atoms with Crippen LogP contribution in [0.3, 0.4) is 0 Å². The van der Waals surface area contributed by atoms with Crippen LogP contribution >= 0.6 is 0 Å². The first-order valence-corrected chi connectivity index (χ1v) is 12.4. The Hall–Kier alpha value is -2.80. The standard InChI is InChI=1S/C20H26O6.5C2H4O/c1-6-7-13-20(14-23-18(21)15(2)3,26-25-19(22)16(4)5)24-17-11-9-8-10-12-17;5*1-2-3/h8-12H,2,4,6-7,13-14H2,1,3,5H3;5*1-2H2. The van der Waals surface area contributed by atoms with E-state index in [0.717, 1.165) is 6.42 Å². The molecule has 1 rings (SSSR count). The van der Waals surface area contributed by atoms with Crippen molar-refractivity contribution < 1.29 is 54.4 Å². The molecule has 11 nitrogen and oxygen atoms in total. The lowest BCUT2D eigenvalue weighted by Gasteiger charge is -2.31. The fourth-order valence-electron chi connectivity index (χ4n) is 1.87. The average molecular weight is 583 g/mol. The maximum atomic E-state index is 11.8. The van der Waals surface area contributed by atoms with E-state index in [-0.39, 0.29) is 50.8 Å². The molecule has 0 aliphatic heterocycles. The van der Waals surface area contributed by atoms with Crippen LogP contribution in [0.5, 0.6) is 5.75 Å². The van der Waals surface area contributed by atoms with E-state index in [2.05, 4.69) is 47.8 Å². The second kappa shape index (κ2) is 37.2. The second-order valence-corrected chi connectivity index (χ2v) is 7.04. The van der Waals surface area contributed by atoms with E-state index >= 15 is 0 Å². The average Bonchev–Trinajstić information content (AvgIpc) is 2.92. The van der Waals surface area contributed by atoms with Crippen LogP contribution in [0.25, 0.3) is 0 Å². The Kier molecular flexibility index (Phi) is 43.5. The largest absolute Gasteiger partial charge is 0.455 e. The molecule has 0 N–H and O–H groups in total. The van der Waals surface area contributed by atoms with Gasteiger partial charge in [0.25, 0.3) is 5.79 Å². The van der Waals surface area contributed by atoms with Crippen molar-refractivity contribution in [3.63, 3.8) is 0 Å². The zero-order valence-electron chi connectivity index (χ0n) is 24.7. The monoisotopic (exact) mass is 582 g/mol. The van der Waals surface area contributed by atoms with Gasteiger partial charge in [0.1, 0.15) is 5.75 Å². The minimum atomic E-state index is -1.48. The highest BCUT2D eigenvalue weighted by Gasteiger charge is 2.38. The maximum Gasteiger partial charge on any atom is 0.368 e. The predicted molar refractivity (Wildman–Crippen MR) is 152 cm³/mol. The van der Waals surface area contributed by atoms with Crippen LogP contribution in [-0.4, -0.2) is 57.4 Å². The Labute approximate surface area is 247 Å². The minimum Gasteiger partial charge on any atom is -0.455 e. The predicted octanol–water partition coefficient (Wildman–Crippen LogP) is 5.38. The van der Waals surface area contributed by atoms with Gasteiger partial charge < -0.3 is 9.47 Å². The first kappa shape index (κ1) is 48.0. The zero-order chi connectivity index (χ0) is 33.1. The van der Waals surface area contributed by atoms with Gasteiger partial charge in [0.05, 0.1) is 33.0 Å². The number of ether oxygens (including phenoxy) is 2. The van der Waals surface area contributed by atoms with Gasteiger partial charge in [0.2, 0.25) is 0 Å². The molecule has 1 aromatic carbocycles. The molecule has 11 heteroatoms. The van der Waals surface area contributed by atoms with E-state index < -0.39 is 17.7 Å². The molecule has 0 aromatic heterocycles.